The Morgan fingerprint density at radius 1 is 1.58 bits per heavy atom. The fraction of sp³-hybridized carbons (Fsp3) is 0.556. The van der Waals surface area contributed by atoms with Gasteiger partial charge in [0, 0.05) is 6.61 Å². The lowest BCUT2D eigenvalue weighted by Crippen LogP contribution is -2.12. The van der Waals surface area contributed by atoms with E-state index in [1.807, 2.05) is 0 Å². The van der Waals surface area contributed by atoms with E-state index in [4.69, 9.17) is 21.5 Å². The molecule has 1 rings (SSSR count). The monoisotopic (exact) mass is 288 g/mol. The number of hydrogen-bond donors (Lipinski definition) is 1. The first-order chi connectivity index (χ1) is 9.00. The predicted octanol–water partition coefficient (Wildman–Crippen LogP) is 1.68. The fourth-order valence-corrected chi connectivity index (χ4v) is 2.18. The molecule has 1 N–H and O–H groups in total. The summed E-state index contributed by atoms with van der Waals surface area (Å²) >= 11 is 0. The van der Waals surface area contributed by atoms with Crippen molar-refractivity contribution in [2.45, 2.75) is 12.9 Å². The van der Waals surface area contributed by atoms with Gasteiger partial charge in [-0.15, -0.1) is 0 Å². The molecule has 0 saturated heterocycles. The predicted molar refractivity (Wildman–Crippen MR) is 68.2 cm³/mol. The van der Waals surface area contributed by atoms with Crippen LogP contribution in [-0.2, 0) is 20.4 Å². The van der Waals surface area contributed by atoms with Crippen molar-refractivity contribution in [2.24, 2.45) is 0 Å². The molecule has 0 bridgehead atoms. The molecule has 8 nitrogen and oxygen atoms in total. The van der Waals surface area contributed by atoms with Crippen molar-refractivity contribution < 1.29 is 23.2 Å². The summed E-state index contributed by atoms with van der Waals surface area (Å²) in [5, 5.41) is 12.9. The number of hydrogen-bond acceptors (Lipinski definition) is 6. The molecule has 0 amide bonds. The minimum Gasteiger partial charge on any atom is -0.403 e. The smallest absolute Gasteiger partial charge is 0.403 e. The second-order valence-electron chi connectivity index (χ2n) is 3.49. The third-order valence-electron chi connectivity index (χ3n) is 2.11. The standard InChI is InChI=1S/C9H14BN2O6P/c1-11-19(15,7-16-5-4-10)17-6-8-2-3-9(18-8)12(13)14/h2-3H,4-7H2,1H3,(H,11,15). The quantitative estimate of drug-likeness (QED) is 0.242. The lowest BCUT2D eigenvalue weighted by Gasteiger charge is -2.16. The molecule has 1 aromatic heterocycles. The van der Waals surface area contributed by atoms with Gasteiger partial charge in [-0.1, -0.05) is 6.32 Å². The molecule has 19 heavy (non-hydrogen) atoms. The summed E-state index contributed by atoms with van der Waals surface area (Å²) in [4.78, 5) is 9.76. The van der Waals surface area contributed by atoms with Gasteiger partial charge in [-0.2, -0.15) is 0 Å². The molecular weight excluding hydrogens is 274 g/mol. The molecule has 1 atom stereocenters. The Kier molecular flexibility index (Phi) is 6.24. The molecule has 0 aromatic carbocycles. The van der Waals surface area contributed by atoms with Crippen LogP contribution in [0.3, 0.4) is 0 Å². The van der Waals surface area contributed by atoms with Gasteiger partial charge in [0.05, 0.1) is 13.9 Å². The van der Waals surface area contributed by atoms with E-state index in [1.165, 1.54) is 19.2 Å². The Morgan fingerprint density at radius 2 is 2.32 bits per heavy atom. The Labute approximate surface area is 111 Å². The molecule has 0 fully saturated rings. The summed E-state index contributed by atoms with van der Waals surface area (Å²) in [6.45, 7) is 0.110. The summed E-state index contributed by atoms with van der Waals surface area (Å²) in [6.07, 6.45) is 0.178. The van der Waals surface area contributed by atoms with Gasteiger partial charge in [-0.05, 0) is 13.1 Å². The number of nitrogens with one attached hydrogen (secondary N) is 1. The molecule has 104 valence electrons. The van der Waals surface area contributed by atoms with Crippen molar-refractivity contribution in [1.82, 2.24) is 5.09 Å². The maximum atomic E-state index is 12.1. The Bertz CT molecular complexity index is 465. The SMILES string of the molecule is [B]CCOCP(=O)(NC)OCc1ccc([N+](=O)[O-])o1. The van der Waals surface area contributed by atoms with Crippen LogP contribution in [0.15, 0.2) is 16.5 Å². The Morgan fingerprint density at radius 3 is 2.84 bits per heavy atom. The maximum Gasteiger partial charge on any atom is 0.433 e. The topological polar surface area (TPSA) is 104 Å². The van der Waals surface area contributed by atoms with Crippen LogP contribution in [0.5, 0.6) is 0 Å². The molecule has 1 unspecified atom stereocenters. The molecule has 0 aliphatic rings. The van der Waals surface area contributed by atoms with Gasteiger partial charge in [0.2, 0.25) is 0 Å². The molecule has 1 heterocycles. The van der Waals surface area contributed by atoms with Gasteiger partial charge in [0.25, 0.3) is 7.52 Å². The zero-order chi connectivity index (χ0) is 14.3. The van der Waals surface area contributed by atoms with Gasteiger partial charge >= 0.3 is 5.88 Å². The molecular formula is C9H14BN2O6P. The third-order valence-corrected chi connectivity index (χ3v) is 3.86. The first-order valence-electron chi connectivity index (χ1n) is 5.44. The van der Waals surface area contributed by atoms with Gasteiger partial charge in [0.15, 0.2) is 0 Å². The molecule has 1 aromatic rings. The highest BCUT2D eigenvalue weighted by Crippen LogP contribution is 2.42. The molecule has 2 radical (unpaired) electrons. The van der Waals surface area contributed by atoms with E-state index in [2.05, 4.69) is 5.09 Å². The second kappa shape index (κ2) is 7.45. The lowest BCUT2D eigenvalue weighted by atomic mass is 10.1. The van der Waals surface area contributed by atoms with E-state index in [1.54, 1.807) is 0 Å². The molecule has 0 spiro atoms. The lowest BCUT2D eigenvalue weighted by molar-refractivity contribution is -0.402. The minimum absolute atomic E-state index is 0.135. The molecule has 10 heteroatoms. The van der Waals surface area contributed by atoms with Crippen molar-refractivity contribution in [2.75, 3.05) is 20.0 Å². The zero-order valence-electron chi connectivity index (χ0n) is 10.4. The van der Waals surface area contributed by atoms with E-state index in [0.717, 1.165) is 0 Å². The highest BCUT2D eigenvalue weighted by Gasteiger charge is 2.22. The van der Waals surface area contributed by atoms with E-state index in [-0.39, 0.29) is 25.3 Å². The zero-order valence-corrected chi connectivity index (χ0v) is 11.3. The number of ether oxygens (including phenoxy) is 1. The number of furan rings is 1. The average Bonchev–Trinajstić information content (AvgIpc) is 2.86. The number of rotatable bonds is 9. The van der Waals surface area contributed by atoms with Crippen molar-refractivity contribution >= 4 is 21.3 Å². The van der Waals surface area contributed by atoms with Gasteiger partial charge in [-0.3, -0.25) is 14.7 Å². The van der Waals surface area contributed by atoms with Crippen molar-refractivity contribution in [3.63, 3.8) is 0 Å². The van der Waals surface area contributed by atoms with E-state index in [9.17, 15) is 14.7 Å². The van der Waals surface area contributed by atoms with Gasteiger partial charge in [0.1, 0.15) is 23.6 Å². The van der Waals surface area contributed by atoms with Crippen molar-refractivity contribution in [3.05, 3.63) is 28.0 Å². The van der Waals surface area contributed by atoms with Crippen LogP contribution in [0.2, 0.25) is 6.32 Å². The van der Waals surface area contributed by atoms with Crippen molar-refractivity contribution in [1.29, 1.82) is 0 Å². The first kappa shape index (κ1) is 15.9. The van der Waals surface area contributed by atoms with Crippen LogP contribution in [0.4, 0.5) is 5.88 Å². The molecule has 0 saturated carbocycles. The maximum absolute atomic E-state index is 12.1. The Balaban J connectivity index is 2.51. The molecule has 0 aliphatic carbocycles. The van der Waals surface area contributed by atoms with Crippen LogP contribution in [0, 0.1) is 10.1 Å². The van der Waals surface area contributed by atoms with Crippen LogP contribution in [0.25, 0.3) is 0 Å². The largest absolute Gasteiger partial charge is 0.433 e. The highest BCUT2D eigenvalue weighted by atomic mass is 31.2. The number of nitro groups is 1. The highest BCUT2D eigenvalue weighted by molar-refractivity contribution is 7.56. The number of nitrogens with zero attached hydrogens (tertiary/aromatic N) is 1. The summed E-state index contributed by atoms with van der Waals surface area (Å²) < 4.78 is 27.2. The van der Waals surface area contributed by atoms with Gasteiger partial charge in [-0.25, -0.2) is 5.09 Å². The summed E-state index contributed by atoms with van der Waals surface area (Å²) in [6, 6.07) is 2.59. The third kappa shape index (κ3) is 5.16. The minimum atomic E-state index is -3.17. The first-order valence-corrected chi connectivity index (χ1v) is 7.25. The van der Waals surface area contributed by atoms with E-state index in [0.29, 0.717) is 6.32 Å². The van der Waals surface area contributed by atoms with Crippen LogP contribution in [-0.4, -0.2) is 32.8 Å². The average molecular weight is 288 g/mol. The summed E-state index contributed by atoms with van der Waals surface area (Å²) in [5.74, 6) is -0.182. The van der Waals surface area contributed by atoms with Crippen LogP contribution >= 0.6 is 7.52 Å². The summed E-state index contributed by atoms with van der Waals surface area (Å²) in [7, 11) is 3.54. The Hall–Kier alpha value is -1.15. The normalized spacial score (nSPS) is 14.2. The van der Waals surface area contributed by atoms with E-state index >= 15 is 0 Å². The van der Waals surface area contributed by atoms with Crippen LogP contribution in [0.1, 0.15) is 5.76 Å². The van der Waals surface area contributed by atoms with Crippen molar-refractivity contribution in [3.8, 4) is 0 Å². The molecule has 0 aliphatic heterocycles. The van der Waals surface area contributed by atoms with E-state index < -0.39 is 18.3 Å². The second-order valence-corrected chi connectivity index (χ2v) is 5.80. The van der Waals surface area contributed by atoms with Gasteiger partial charge < -0.3 is 13.7 Å². The van der Waals surface area contributed by atoms with Crippen LogP contribution < -0.4 is 5.09 Å². The summed E-state index contributed by atoms with van der Waals surface area (Å²) in [5.41, 5.74) is 0. The fourth-order valence-electron chi connectivity index (χ4n) is 1.14.